The summed E-state index contributed by atoms with van der Waals surface area (Å²) in [4.78, 5) is 14.3. The number of hydrogen-bond acceptors (Lipinski definition) is 4. The van der Waals surface area contributed by atoms with E-state index in [1.165, 1.54) is 0 Å². The molecule has 0 aliphatic rings. The normalized spacial score (nSPS) is 11.3. The van der Waals surface area contributed by atoms with Gasteiger partial charge >= 0.3 is 5.82 Å². The van der Waals surface area contributed by atoms with Gasteiger partial charge in [0.2, 0.25) is 0 Å². The van der Waals surface area contributed by atoms with Crippen LogP contribution < -0.4 is 0 Å². The maximum absolute atomic E-state index is 10.7. The summed E-state index contributed by atoms with van der Waals surface area (Å²) < 4.78 is 0. The molecule has 0 spiro atoms. The van der Waals surface area contributed by atoms with E-state index >= 15 is 0 Å². The smallest absolute Gasteiger partial charge is 0.352 e. The third-order valence-electron chi connectivity index (χ3n) is 1.99. The Hall–Kier alpha value is -2.24. The van der Waals surface area contributed by atoms with Crippen molar-refractivity contribution in [3.8, 4) is 0 Å². The van der Waals surface area contributed by atoms with Crippen molar-refractivity contribution in [3.63, 3.8) is 0 Å². The number of nitrogens with one attached hydrogen (secondary N) is 1. The minimum Gasteiger partial charge on any atom is -0.358 e. The summed E-state index contributed by atoms with van der Waals surface area (Å²) in [5.41, 5.74) is 1.10. The Balaban J connectivity index is 2.80. The van der Waals surface area contributed by atoms with Gasteiger partial charge in [-0.05, 0) is 24.0 Å². The summed E-state index contributed by atoms with van der Waals surface area (Å²) in [6.07, 6.45) is 1.59. The van der Waals surface area contributed by atoms with Crippen LogP contribution in [0.25, 0.3) is 10.9 Å². The summed E-state index contributed by atoms with van der Waals surface area (Å²) in [5, 5.41) is 17.4. The minimum atomic E-state index is -0.496. The van der Waals surface area contributed by atoms with Crippen molar-refractivity contribution in [2.75, 3.05) is 0 Å². The number of hydrogen-bond donors (Lipinski definition) is 1. The molecule has 6 heteroatoms. The maximum Gasteiger partial charge on any atom is 0.352 e. The number of nitro groups is 1. The SMILES string of the molecule is CC=Nc1cccc2n[nH]c([N+](=O)[O-])c12. The molecule has 0 bridgehead atoms. The lowest BCUT2D eigenvalue weighted by atomic mass is 10.2. The van der Waals surface area contributed by atoms with E-state index in [0.29, 0.717) is 16.6 Å². The lowest BCUT2D eigenvalue weighted by molar-refractivity contribution is -0.387. The van der Waals surface area contributed by atoms with Crippen LogP contribution in [0.2, 0.25) is 0 Å². The van der Waals surface area contributed by atoms with Crippen LogP contribution in [0.1, 0.15) is 6.92 Å². The third kappa shape index (κ3) is 1.45. The zero-order chi connectivity index (χ0) is 10.8. The van der Waals surface area contributed by atoms with Gasteiger partial charge in [-0.3, -0.25) is 4.99 Å². The van der Waals surface area contributed by atoms with Crippen LogP contribution >= 0.6 is 0 Å². The molecule has 0 saturated heterocycles. The largest absolute Gasteiger partial charge is 0.358 e. The number of aromatic nitrogens is 2. The van der Waals surface area contributed by atoms with Crippen molar-refractivity contribution in [2.24, 2.45) is 4.99 Å². The molecule has 0 saturated carbocycles. The first-order chi connectivity index (χ1) is 7.24. The van der Waals surface area contributed by atoms with Crippen molar-refractivity contribution in [1.82, 2.24) is 10.2 Å². The molecule has 0 atom stereocenters. The van der Waals surface area contributed by atoms with Crippen molar-refractivity contribution in [2.45, 2.75) is 6.92 Å². The molecular weight excluding hydrogens is 196 g/mol. The Kier molecular flexibility index (Phi) is 2.17. The van der Waals surface area contributed by atoms with Gasteiger partial charge in [-0.25, -0.2) is 0 Å². The van der Waals surface area contributed by atoms with E-state index in [-0.39, 0.29) is 5.82 Å². The van der Waals surface area contributed by atoms with Crippen molar-refractivity contribution < 1.29 is 4.92 Å². The van der Waals surface area contributed by atoms with Crippen LogP contribution in [0.4, 0.5) is 11.5 Å². The number of H-pyrrole nitrogens is 1. The predicted octanol–water partition coefficient (Wildman–Crippen LogP) is 2.19. The molecule has 1 aromatic carbocycles. The highest BCUT2D eigenvalue weighted by Gasteiger charge is 2.17. The van der Waals surface area contributed by atoms with Crippen molar-refractivity contribution in [3.05, 3.63) is 28.3 Å². The fraction of sp³-hybridized carbons (Fsp3) is 0.111. The van der Waals surface area contributed by atoms with E-state index in [0.717, 1.165) is 0 Å². The second-order valence-electron chi connectivity index (χ2n) is 2.89. The molecular formula is C9H8N4O2. The molecule has 0 aliphatic carbocycles. The van der Waals surface area contributed by atoms with Gasteiger partial charge in [-0.2, -0.15) is 0 Å². The van der Waals surface area contributed by atoms with E-state index < -0.39 is 4.92 Å². The summed E-state index contributed by atoms with van der Waals surface area (Å²) >= 11 is 0. The second-order valence-corrected chi connectivity index (χ2v) is 2.89. The molecule has 2 rings (SSSR count). The molecule has 0 unspecified atom stereocenters. The zero-order valence-corrected chi connectivity index (χ0v) is 7.97. The highest BCUT2D eigenvalue weighted by molar-refractivity contribution is 5.97. The average molecular weight is 204 g/mol. The van der Waals surface area contributed by atoms with Crippen molar-refractivity contribution in [1.29, 1.82) is 0 Å². The number of nitrogens with zero attached hydrogens (tertiary/aromatic N) is 3. The van der Waals surface area contributed by atoms with Crippen LogP contribution in [-0.2, 0) is 0 Å². The molecule has 1 N–H and O–H groups in total. The Morgan fingerprint density at radius 2 is 2.40 bits per heavy atom. The number of benzene rings is 1. The van der Waals surface area contributed by atoms with E-state index in [2.05, 4.69) is 15.2 Å². The first-order valence-corrected chi connectivity index (χ1v) is 4.34. The number of rotatable bonds is 2. The Bertz CT molecular complexity index is 544. The van der Waals surface area contributed by atoms with Crippen LogP contribution in [0.15, 0.2) is 23.2 Å². The van der Waals surface area contributed by atoms with Gasteiger partial charge in [0.1, 0.15) is 10.9 Å². The van der Waals surface area contributed by atoms with Gasteiger partial charge in [0.25, 0.3) is 0 Å². The summed E-state index contributed by atoms with van der Waals surface area (Å²) in [6.45, 7) is 1.75. The molecule has 15 heavy (non-hydrogen) atoms. The lowest BCUT2D eigenvalue weighted by Gasteiger charge is -1.95. The van der Waals surface area contributed by atoms with Crippen LogP contribution in [-0.4, -0.2) is 21.3 Å². The van der Waals surface area contributed by atoms with Gasteiger partial charge in [0.05, 0.1) is 5.69 Å². The van der Waals surface area contributed by atoms with Crippen molar-refractivity contribution >= 4 is 28.6 Å². The molecule has 76 valence electrons. The highest BCUT2D eigenvalue weighted by atomic mass is 16.6. The highest BCUT2D eigenvalue weighted by Crippen LogP contribution is 2.31. The maximum atomic E-state index is 10.7. The number of aromatic amines is 1. The summed E-state index contributed by atoms with van der Waals surface area (Å²) in [6, 6.07) is 5.17. The van der Waals surface area contributed by atoms with Gasteiger partial charge < -0.3 is 10.1 Å². The van der Waals surface area contributed by atoms with E-state index in [1.807, 2.05) is 0 Å². The Morgan fingerprint density at radius 3 is 3.07 bits per heavy atom. The molecule has 0 aliphatic heterocycles. The second kappa shape index (κ2) is 3.49. The predicted molar refractivity (Wildman–Crippen MR) is 56.6 cm³/mol. The monoisotopic (exact) mass is 204 g/mol. The van der Waals surface area contributed by atoms with E-state index in [4.69, 9.17) is 0 Å². The van der Waals surface area contributed by atoms with Crippen LogP contribution in [0.5, 0.6) is 0 Å². The molecule has 2 aromatic rings. The molecule has 0 amide bonds. The summed E-state index contributed by atoms with van der Waals surface area (Å²) in [5.74, 6) is -0.119. The van der Waals surface area contributed by atoms with E-state index in [1.54, 1.807) is 31.3 Å². The molecule has 0 fully saturated rings. The lowest BCUT2D eigenvalue weighted by Crippen LogP contribution is -1.88. The van der Waals surface area contributed by atoms with Gasteiger partial charge in [0.15, 0.2) is 0 Å². The fourth-order valence-corrected chi connectivity index (χ4v) is 1.41. The van der Waals surface area contributed by atoms with Crippen LogP contribution in [0.3, 0.4) is 0 Å². The zero-order valence-electron chi connectivity index (χ0n) is 7.97. The Morgan fingerprint density at radius 1 is 1.60 bits per heavy atom. The Labute approximate surface area is 84.8 Å². The minimum absolute atomic E-state index is 0.119. The number of aliphatic imine (C=N–C) groups is 1. The molecule has 1 heterocycles. The summed E-state index contributed by atoms with van der Waals surface area (Å²) in [7, 11) is 0. The van der Waals surface area contributed by atoms with Gasteiger partial charge in [0, 0.05) is 6.21 Å². The molecule has 6 nitrogen and oxygen atoms in total. The fourth-order valence-electron chi connectivity index (χ4n) is 1.41. The first kappa shape index (κ1) is 9.32. The quantitative estimate of drug-likeness (QED) is 0.462. The number of fused-ring (bicyclic) bond motifs is 1. The third-order valence-corrected chi connectivity index (χ3v) is 1.99. The molecule has 1 aromatic heterocycles. The standard InChI is InChI=1S/C9H8N4O2/c1-2-10-6-4-3-5-7-8(6)9(12-11-7)13(14)15/h2-5H,1H3,(H,11,12). The van der Waals surface area contributed by atoms with E-state index in [9.17, 15) is 10.1 Å². The van der Waals surface area contributed by atoms with Crippen LogP contribution in [0, 0.1) is 10.1 Å². The van der Waals surface area contributed by atoms with Gasteiger partial charge in [-0.15, -0.1) is 5.10 Å². The molecule has 0 radical (unpaired) electrons. The van der Waals surface area contributed by atoms with Gasteiger partial charge in [-0.1, -0.05) is 11.2 Å². The first-order valence-electron chi connectivity index (χ1n) is 4.34. The average Bonchev–Trinajstić information content (AvgIpc) is 2.62. The topological polar surface area (TPSA) is 84.2 Å².